The van der Waals surface area contributed by atoms with E-state index in [1.165, 1.54) is 21.9 Å². The van der Waals surface area contributed by atoms with Gasteiger partial charge in [-0.05, 0) is 88.7 Å². The van der Waals surface area contributed by atoms with Gasteiger partial charge in [0.05, 0.1) is 27.8 Å². The Bertz CT molecular complexity index is 2630. The lowest BCUT2D eigenvalue weighted by atomic mass is 9.86. The van der Waals surface area contributed by atoms with Gasteiger partial charge >= 0.3 is 0 Å². The summed E-state index contributed by atoms with van der Waals surface area (Å²) in [7, 11) is 0. The minimum Gasteiger partial charge on any atom is -0.457 e. The number of anilines is 2. The smallest absolute Gasteiger partial charge is 0.144 e. The maximum absolute atomic E-state index is 6.85. The van der Waals surface area contributed by atoms with E-state index >= 15 is 0 Å². The van der Waals surface area contributed by atoms with Crippen LogP contribution in [0.1, 0.15) is 52.7 Å². The van der Waals surface area contributed by atoms with Crippen molar-refractivity contribution in [1.29, 1.82) is 0 Å². The number of hydrogen-bond donors (Lipinski definition) is 0. The highest BCUT2D eigenvalue weighted by Gasteiger charge is 2.28. The molecule has 1 aliphatic heterocycles. The molecule has 252 valence electrons. The maximum Gasteiger partial charge on any atom is 0.144 e. The molecule has 0 N–H and O–H groups in total. The molecule has 0 unspecified atom stereocenters. The summed E-state index contributed by atoms with van der Waals surface area (Å²) in [4.78, 5) is 12.3. The molecular weight excluding hydrogens is 627 g/mol. The summed E-state index contributed by atoms with van der Waals surface area (Å²) in [6.07, 6.45) is 1.92. The molecule has 51 heavy (non-hydrogen) atoms. The first-order valence-electron chi connectivity index (χ1n) is 17.7. The molecule has 0 atom stereocenters. The standard InChI is InChI=1S/C45H41N5O/c1-44(2,3)29-21-22-46-42(25-29)50-39-17-11-7-13-34(39)35-20-19-32(27-41(35)50)51-33-24-30(45(4,5)6)23-31(26-33)48-28-49-40-18-12-9-15-37(40)47-43(49)36-14-8-10-16-38(36)48/h7-27H,28H2,1-6H3. The van der Waals surface area contributed by atoms with Crippen LogP contribution in [0, 0.1) is 0 Å². The third kappa shape index (κ3) is 5.25. The molecule has 3 aromatic heterocycles. The normalized spacial score (nSPS) is 13.2. The fraction of sp³-hybridized carbons (Fsp3) is 0.200. The molecule has 0 saturated heterocycles. The number of nitrogens with zero attached hydrogens (tertiary/aromatic N) is 5. The Morgan fingerprint density at radius 3 is 2.16 bits per heavy atom. The number of benzene rings is 5. The van der Waals surface area contributed by atoms with Crippen LogP contribution in [0.25, 0.3) is 50.0 Å². The van der Waals surface area contributed by atoms with E-state index in [1.807, 2.05) is 6.20 Å². The van der Waals surface area contributed by atoms with Gasteiger partial charge in [0, 0.05) is 40.4 Å². The summed E-state index contributed by atoms with van der Waals surface area (Å²) >= 11 is 0. The summed E-state index contributed by atoms with van der Waals surface area (Å²) in [5.74, 6) is 3.47. The van der Waals surface area contributed by atoms with E-state index < -0.39 is 0 Å². The van der Waals surface area contributed by atoms with Crippen molar-refractivity contribution in [1.82, 2.24) is 19.1 Å². The minimum atomic E-state index is -0.101. The predicted molar refractivity (Wildman–Crippen MR) is 210 cm³/mol. The Balaban J connectivity index is 1.17. The van der Waals surface area contributed by atoms with Gasteiger partial charge in [0.1, 0.15) is 29.8 Å². The van der Waals surface area contributed by atoms with Crippen LogP contribution in [0.5, 0.6) is 11.5 Å². The third-order valence-corrected chi connectivity index (χ3v) is 10.2. The van der Waals surface area contributed by atoms with Crippen molar-refractivity contribution in [3.63, 3.8) is 0 Å². The van der Waals surface area contributed by atoms with Crippen LogP contribution in [-0.4, -0.2) is 19.1 Å². The fourth-order valence-electron chi connectivity index (χ4n) is 7.40. The van der Waals surface area contributed by atoms with E-state index in [9.17, 15) is 0 Å². The summed E-state index contributed by atoms with van der Waals surface area (Å²) in [6, 6.07) is 42.9. The molecule has 6 nitrogen and oxygen atoms in total. The average molecular weight is 668 g/mol. The van der Waals surface area contributed by atoms with Gasteiger partial charge in [-0.25, -0.2) is 9.97 Å². The van der Waals surface area contributed by atoms with Crippen molar-refractivity contribution in [3.8, 4) is 28.7 Å². The highest BCUT2D eigenvalue weighted by molar-refractivity contribution is 6.09. The van der Waals surface area contributed by atoms with Gasteiger partial charge in [0.15, 0.2) is 0 Å². The number of imidazole rings is 1. The second kappa shape index (κ2) is 11.3. The van der Waals surface area contributed by atoms with Crippen molar-refractivity contribution in [2.45, 2.75) is 59.0 Å². The van der Waals surface area contributed by atoms with E-state index in [4.69, 9.17) is 14.7 Å². The average Bonchev–Trinajstić information content (AvgIpc) is 3.66. The first kappa shape index (κ1) is 31.1. The predicted octanol–water partition coefficient (Wildman–Crippen LogP) is 11.7. The van der Waals surface area contributed by atoms with Crippen LogP contribution in [0.2, 0.25) is 0 Å². The molecule has 0 radical (unpaired) electrons. The number of pyridine rings is 1. The van der Waals surface area contributed by atoms with Gasteiger partial charge < -0.3 is 14.2 Å². The van der Waals surface area contributed by atoms with Gasteiger partial charge in [-0.3, -0.25) is 4.57 Å². The largest absolute Gasteiger partial charge is 0.457 e. The molecule has 0 aliphatic carbocycles. The number of fused-ring (bicyclic) bond motifs is 8. The van der Waals surface area contributed by atoms with Crippen molar-refractivity contribution in [2.75, 3.05) is 4.90 Å². The molecular formula is C45H41N5O. The van der Waals surface area contributed by atoms with Gasteiger partial charge in [0.2, 0.25) is 0 Å². The third-order valence-electron chi connectivity index (χ3n) is 10.2. The van der Waals surface area contributed by atoms with E-state index in [-0.39, 0.29) is 10.8 Å². The molecule has 4 heterocycles. The van der Waals surface area contributed by atoms with Crippen LogP contribution in [0.3, 0.4) is 0 Å². The van der Waals surface area contributed by atoms with Crippen LogP contribution < -0.4 is 9.64 Å². The first-order chi connectivity index (χ1) is 24.5. The van der Waals surface area contributed by atoms with Crippen LogP contribution in [0.15, 0.2) is 128 Å². The zero-order valence-corrected chi connectivity index (χ0v) is 30.0. The molecule has 8 aromatic rings. The van der Waals surface area contributed by atoms with E-state index in [1.54, 1.807) is 0 Å². The van der Waals surface area contributed by atoms with E-state index in [2.05, 4.69) is 177 Å². The lowest BCUT2D eigenvalue weighted by Gasteiger charge is -2.33. The molecule has 0 amide bonds. The molecule has 1 aliphatic rings. The highest BCUT2D eigenvalue weighted by atomic mass is 16.5. The number of aromatic nitrogens is 4. The lowest BCUT2D eigenvalue weighted by Crippen LogP contribution is -2.26. The molecule has 5 aromatic carbocycles. The maximum atomic E-state index is 6.85. The Morgan fingerprint density at radius 2 is 1.33 bits per heavy atom. The Hall–Kier alpha value is -5.88. The van der Waals surface area contributed by atoms with Crippen LogP contribution in [0.4, 0.5) is 11.4 Å². The molecule has 9 rings (SSSR count). The molecule has 0 bridgehead atoms. The number of hydrogen-bond acceptors (Lipinski definition) is 4. The fourth-order valence-corrected chi connectivity index (χ4v) is 7.40. The zero-order chi connectivity index (χ0) is 35.1. The van der Waals surface area contributed by atoms with Crippen LogP contribution in [-0.2, 0) is 17.5 Å². The van der Waals surface area contributed by atoms with Gasteiger partial charge in [-0.15, -0.1) is 0 Å². The van der Waals surface area contributed by atoms with Crippen LogP contribution >= 0.6 is 0 Å². The first-order valence-corrected chi connectivity index (χ1v) is 17.7. The van der Waals surface area contributed by atoms with Gasteiger partial charge in [0.25, 0.3) is 0 Å². The summed E-state index contributed by atoms with van der Waals surface area (Å²) in [5.41, 5.74) is 9.98. The van der Waals surface area contributed by atoms with Crippen molar-refractivity contribution >= 4 is 44.2 Å². The molecule has 0 saturated carbocycles. The molecule has 0 spiro atoms. The molecule has 0 fully saturated rings. The lowest BCUT2D eigenvalue weighted by molar-refractivity contribution is 0.479. The quantitative estimate of drug-likeness (QED) is 0.187. The monoisotopic (exact) mass is 667 g/mol. The SMILES string of the molecule is CC(C)(C)c1cc(Oc2ccc3c4ccccc4n(-c4cc(C(C)(C)C)ccn4)c3c2)cc(N2Cn3c(nc4ccccc43)-c3ccccc32)c1. The second-order valence-electron chi connectivity index (χ2n) is 15.7. The summed E-state index contributed by atoms with van der Waals surface area (Å²) in [5, 5.41) is 2.35. The van der Waals surface area contributed by atoms with Gasteiger partial charge in [-0.1, -0.05) is 84.0 Å². The van der Waals surface area contributed by atoms with Gasteiger partial charge in [-0.2, -0.15) is 0 Å². The van der Waals surface area contributed by atoms with Crippen molar-refractivity contribution in [3.05, 3.63) is 139 Å². The topological polar surface area (TPSA) is 48.1 Å². The van der Waals surface area contributed by atoms with E-state index in [0.29, 0.717) is 6.67 Å². The number of para-hydroxylation sites is 4. The minimum absolute atomic E-state index is 0.00189. The second-order valence-corrected chi connectivity index (χ2v) is 15.7. The Labute approximate surface area is 298 Å². The summed E-state index contributed by atoms with van der Waals surface area (Å²) in [6.45, 7) is 14.1. The molecule has 6 heteroatoms. The highest BCUT2D eigenvalue weighted by Crippen LogP contribution is 2.44. The van der Waals surface area contributed by atoms with Crippen molar-refractivity contribution < 1.29 is 4.74 Å². The van der Waals surface area contributed by atoms with Crippen molar-refractivity contribution in [2.24, 2.45) is 0 Å². The van der Waals surface area contributed by atoms with E-state index in [0.717, 1.165) is 62.1 Å². The Kier molecular flexibility index (Phi) is 6.91. The zero-order valence-electron chi connectivity index (χ0n) is 30.0. The number of ether oxygens (including phenoxy) is 1. The number of rotatable bonds is 4. The Morgan fingerprint density at radius 1 is 0.608 bits per heavy atom. The summed E-state index contributed by atoms with van der Waals surface area (Å²) < 4.78 is 11.4.